The summed E-state index contributed by atoms with van der Waals surface area (Å²) in [6, 6.07) is 14.0. The molecule has 0 radical (unpaired) electrons. The Morgan fingerprint density at radius 1 is 1.00 bits per heavy atom. The lowest BCUT2D eigenvalue weighted by Crippen LogP contribution is -2.36. The lowest BCUT2D eigenvalue weighted by molar-refractivity contribution is 0.198. The third-order valence-corrected chi connectivity index (χ3v) is 5.13. The van der Waals surface area contributed by atoms with Crippen molar-refractivity contribution in [3.63, 3.8) is 0 Å². The Balaban J connectivity index is 0.00000320. The molecule has 0 unspecified atom stereocenters. The third kappa shape index (κ3) is 6.68. The summed E-state index contributed by atoms with van der Waals surface area (Å²) in [5, 5.41) is 6.71. The molecule has 30 heavy (non-hydrogen) atoms. The van der Waals surface area contributed by atoms with E-state index in [2.05, 4.69) is 27.8 Å². The monoisotopic (exact) mass is 525 g/mol. The lowest BCUT2D eigenvalue weighted by atomic mass is 10.1. The highest BCUT2D eigenvalue weighted by atomic mass is 127. The first-order valence-corrected chi connectivity index (χ1v) is 10.1. The van der Waals surface area contributed by atoms with Gasteiger partial charge in [-0.15, -0.1) is 24.0 Å². The van der Waals surface area contributed by atoms with Crippen LogP contribution in [0.5, 0.6) is 17.2 Å². The van der Waals surface area contributed by atoms with Crippen molar-refractivity contribution in [2.75, 3.05) is 21.3 Å². The second-order valence-electron chi connectivity index (χ2n) is 7.10. The van der Waals surface area contributed by atoms with Crippen molar-refractivity contribution >= 4 is 29.9 Å². The van der Waals surface area contributed by atoms with Crippen molar-refractivity contribution in [1.82, 2.24) is 10.6 Å². The van der Waals surface area contributed by atoms with Gasteiger partial charge in [0.05, 0.1) is 20.3 Å². The summed E-state index contributed by atoms with van der Waals surface area (Å²) in [6.45, 7) is 1.25. The molecule has 7 heteroatoms. The fourth-order valence-electron chi connectivity index (χ4n) is 3.54. The van der Waals surface area contributed by atoms with Crippen LogP contribution in [0.4, 0.5) is 0 Å². The lowest BCUT2D eigenvalue weighted by Gasteiger charge is -2.20. The first kappa shape index (κ1) is 24.1. The molecule has 1 aliphatic carbocycles. The fourth-order valence-corrected chi connectivity index (χ4v) is 3.54. The first-order chi connectivity index (χ1) is 14.2. The minimum Gasteiger partial charge on any atom is -0.497 e. The SMILES string of the molecule is CN=C(NCc1cccc(OC)c1)NCc1cccc(OC)c1OC1CCCC1.I. The van der Waals surface area contributed by atoms with E-state index in [4.69, 9.17) is 14.2 Å². The molecule has 0 aromatic heterocycles. The van der Waals surface area contributed by atoms with Gasteiger partial charge in [0.1, 0.15) is 5.75 Å². The summed E-state index contributed by atoms with van der Waals surface area (Å²) < 4.78 is 17.1. The van der Waals surface area contributed by atoms with Gasteiger partial charge in [-0.2, -0.15) is 0 Å². The van der Waals surface area contributed by atoms with Gasteiger partial charge in [0.15, 0.2) is 17.5 Å². The predicted molar refractivity (Wildman–Crippen MR) is 131 cm³/mol. The van der Waals surface area contributed by atoms with E-state index in [9.17, 15) is 0 Å². The number of halogens is 1. The number of benzene rings is 2. The molecule has 0 heterocycles. The molecule has 0 saturated heterocycles. The molecule has 2 aromatic rings. The van der Waals surface area contributed by atoms with Gasteiger partial charge in [0, 0.05) is 25.7 Å². The quantitative estimate of drug-likeness (QED) is 0.302. The molecule has 164 valence electrons. The summed E-state index contributed by atoms with van der Waals surface area (Å²) in [5.74, 6) is 3.17. The second-order valence-corrected chi connectivity index (χ2v) is 7.10. The number of nitrogens with zero attached hydrogens (tertiary/aromatic N) is 1. The smallest absolute Gasteiger partial charge is 0.191 e. The molecule has 1 saturated carbocycles. The summed E-state index contributed by atoms with van der Waals surface area (Å²) in [5.41, 5.74) is 2.18. The van der Waals surface area contributed by atoms with E-state index in [1.165, 1.54) is 12.8 Å². The molecule has 0 bridgehead atoms. The predicted octanol–water partition coefficient (Wildman–Crippen LogP) is 4.51. The number of hydrogen-bond acceptors (Lipinski definition) is 4. The highest BCUT2D eigenvalue weighted by Gasteiger charge is 2.20. The number of nitrogens with one attached hydrogen (secondary N) is 2. The Labute approximate surface area is 196 Å². The molecular weight excluding hydrogens is 493 g/mol. The Kier molecular flexibility index (Phi) is 10.1. The molecule has 0 spiro atoms. The zero-order valence-electron chi connectivity index (χ0n) is 17.9. The molecule has 1 aliphatic rings. The number of hydrogen-bond donors (Lipinski definition) is 2. The van der Waals surface area contributed by atoms with E-state index < -0.39 is 0 Å². The topological polar surface area (TPSA) is 64.1 Å². The first-order valence-electron chi connectivity index (χ1n) is 10.1. The van der Waals surface area contributed by atoms with Crippen LogP contribution in [-0.4, -0.2) is 33.3 Å². The molecule has 0 aliphatic heterocycles. The maximum absolute atomic E-state index is 6.31. The van der Waals surface area contributed by atoms with Gasteiger partial charge in [-0.25, -0.2) is 0 Å². The van der Waals surface area contributed by atoms with Crippen LogP contribution in [0.1, 0.15) is 36.8 Å². The normalized spacial score (nSPS) is 14.0. The summed E-state index contributed by atoms with van der Waals surface area (Å²) in [4.78, 5) is 4.33. The number of guanidine groups is 1. The van der Waals surface area contributed by atoms with E-state index in [1.54, 1.807) is 21.3 Å². The van der Waals surface area contributed by atoms with E-state index in [1.807, 2.05) is 30.3 Å². The average molecular weight is 525 g/mol. The number of ether oxygens (including phenoxy) is 3. The minimum atomic E-state index is 0. The van der Waals surface area contributed by atoms with E-state index in [-0.39, 0.29) is 30.1 Å². The van der Waals surface area contributed by atoms with Gasteiger partial charge in [-0.1, -0.05) is 24.3 Å². The molecular formula is C23H32IN3O3. The van der Waals surface area contributed by atoms with Crippen molar-refractivity contribution in [3.05, 3.63) is 53.6 Å². The zero-order valence-corrected chi connectivity index (χ0v) is 20.3. The Morgan fingerprint density at radius 2 is 1.73 bits per heavy atom. The van der Waals surface area contributed by atoms with Crippen LogP contribution in [0, 0.1) is 0 Å². The van der Waals surface area contributed by atoms with Crippen LogP contribution in [0.2, 0.25) is 0 Å². The van der Waals surface area contributed by atoms with Gasteiger partial charge in [-0.05, 0) is 49.4 Å². The van der Waals surface area contributed by atoms with Crippen molar-refractivity contribution < 1.29 is 14.2 Å². The van der Waals surface area contributed by atoms with Gasteiger partial charge in [0.25, 0.3) is 0 Å². The van der Waals surface area contributed by atoms with Crippen LogP contribution in [0.25, 0.3) is 0 Å². The van der Waals surface area contributed by atoms with Crippen molar-refractivity contribution in [1.29, 1.82) is 0 Å². The maximum atomic E-state index is 6.31. The number of aliphatic imine (C=N–C) groups is 1. The third-order valence-electron chi connectivity index (χ3n) is 5.13. The van der Waals surface area contributed by atoms with Gasteiger partial charge in [0.2, 0.25) is 0 Å². The standard InChI is InChI=1S/C23H31N3O3.HI/c1-24-23(25-15-17-8-6-12-20(14-17)27-2)26-16-18-9-7-13-21(28-3)22(18)29-19-10-4-5-11-19;/h6-9,12-14,19H,4-5,10-11,15-16H2,1-3H3,(H2,24,25,26);1H. The Bertz CT molecular complexity index is 823. The summed E-state index contributed by atoms with van der Waals surface area (Å²) >= 11 is 0. The van der Waals surface area contributed by atoms with Crippen LogP contribution in [-0.2, 0) is 13.1 Å². The molecule has 2 N–H and O–H groups in total. The molecule has 6 nitrogen and oxygen atoms in total. The largest absolute Gasteiger partial charge is 0.497 e. The average Bonchev–Trinajstić information content (AvgIpc) is 3.28. The minimum absolute atomic E-state index is 0. The highest BCUT2D eigenvalue weighted by molar-refractivity contribution is 14.0. The number of methoxy groups -OCH3 is 2. The second kappa shape index (κ2) is 12.5. The molecule has 1 fully saturated rings. The molecule has 3 rings (SSSR count). The summed E-state index contributed by atoms with van der Waals surface area (Å²) in [7, 11) is 5.12. The van der Waals surface area contributed by atoms with Crippen LogP contribution >= 0.6 is 24.0 Å². The Morgan fingerprint density at radius 3 is 2.43 bits per heavy atom. The van der Waals surface area contributed by atoms with E-state index in [0.717, 1.165) is 47.2 Å². The summed E-state index contributed by atoms with van der Waals surface area (Å²) in [6.07, 6.45) is 4.95. The van der Waals surface area contributed by atoms with Gasteiger partial charge < -0.3 is 24.8 Å². The van der Waals surface area contributed by atoms with Crippen molar-refractivity contribution in [2.45, 2.75) is 44.9 Å². The van der Waals surface area contributed by atoms with Gasteiger partial charge in [-0.3, -0.25) is 4.99 Å². The molecule has 0 atom stereocenters. The Hall–Kier alpha value is -2.16. The number of rotatable bonds is 8. The molecule has 0 amide bonds. The van der Waals surface area contributed by atoms with Crippen LogP contribution in [0.3, 0.4) is 0 Å². The number of para-hydroxylation sites is 1. The van der Waals surface area contributed by atoms with Gasteiger partial charge >= 0.3 is 0 Å². The van der Waals surface area contributed by atoms with Crippen LogP contribution < -0.4 is 24.8 Å². The van der Waals surface area contributed by atoms with E-state index >= 15 is 0 Å². The van der Waals surface area contributed by atoms with Crippen LogP contribution in [0.15, 0.2) is 47.5 Å². The van der Waals surface area contributed by atoms with Crippen molar-refractivity contribution in [3.8, 4) is 17.2 Å². The zero-order chi connectivity index (χ0) is 20.5. The van der Waals surface area contributed by atoms with Crippen molar-refractivity contribution in [2.24, 2.45) is 4.99 Å². The maximum Gasteiger partial charge on any atom is 0.191 e. The molecule has 2 aromatic carbocycles. The fraction of sp³-hybridized carbons (Fsp3) is 0.435. The highest BCUT2D eigenvalue weighted by Crippen LogP contribution is 2.34. The van der Waals surface area contributed by atoms with E-state index in [0.29, 0.717) is 13.1 Å².